The van der Waals surface area contributed by atoms with Gasteiger partial charge in [0, 0.05) is 12.6 Å². The standard InChI is InChI=1S/C16H20FN3/c17-14-3-6-16(13(8-14)9-18)20(15-4-5-15)11-12-2-1-7-19-10-12/h3,6,8,12,15,19H,1-2,4-5,7,10-11H2. The second-order valence-electron chi connectivity index (χ2n) is 5.87. The third-order valence-electron chi connectivity index (χ3n) is 4.23. The Morgan fingerprint density at radius 3 is 2.85 bits per heavy atom. The van der Waals surface area contributed by atoms with Crippen LogP contribution >= 0.6 is 0 Å². The Hall–Kier alpha value is -1.60. The number of hydrogen-bond donors (Lipinski definition) is 1. The van der Waals surface area contributed by atoms with E-state index in [1.165, 1.54) is 37.8 Å². The van der Waals surface area contributed by atoms with E-state index in [1.54, 1.807) is 6.07 Å². The van der Waals surface area contributed by atoms with E-state index in [9.17, 15) is 9.65 Å². The molecule has 0 bridgehead atoms. The van der Waals surface area contributed by atoms with E-state index >= 15 is 0 Å². The van der Waals surface area contributed by atoms with Crippen molar-refractivity contribution in [1.29, 1.82) is 5.26 Å². The quantitative estimate of drug-likeness (QED) is 0.916. The molecule has 1 aromatic rings. The summed E-state index contributed by atoms with van der Waals surface area (Å²) in [5, 5.41) is 12.7. The Labute approximate surface area is 119 Å². The molecule has 0 spiro atoms. The van der Waals surface area contributed by atoms with Gasteiger partial charge in [0.1, 0.15) is 11.9 Å². The Bertz CT molecular complexity index is 513. The number of anilines is 1. The molecule has 3 rings (SSSR count). The monoisotopic (exact) mass is 273 g/mol. The highest BCUT2D eigenvalue weighted by atomic mass is 19.1. The summed E-state index contributed by atoms with van der Waals surface area (Å²) in [7, 11) is 0. The lowest BCUT2D eigenvalue weighted by atomic mass is 9.98. The normalized spacial score (nSPS) is 22.3. The van der Waals surface area contributed by atoms with Gasteiger partial charge in [-0.05, 0) is 62.9 Å². The van der Waals surface area contributed by atoms with Crippen LogP contribution < -0.4 is 10.2 Å². The van der Waals surface area contributed by atoms with Crippen LogP contribution in [0.25, 0.3) is 0 Å². The number of hydrogen-bond acceptors (Lipinski definition) is 3. The van der Waals surface area contributed by atoms with E-state index < -0.39 is 0 Å². The van der Waals surface area contributed by atoms with Gasteiger partial charge < -0.3 is 10.2 Å². The maximum absolute atomic E-state index is 13.3. The Morgan fingerprint density at radius 1 is 1.35 bits per heavy atom. The summed E-state index contributed by atoms with van der Waals surface area (Å²) < 4.78 is 13.3. The number of nitriles is 1. The van der Waals surface area contributed by atoms with Crippen molar-refractivity contribution in [2.24, 2.45) is 5.92 Å². The number of halogens is 1. The Kier molecular flexibility index (Phi) is 3.88. The maximum atomic E-state index is 13.3. The molecule has 1 saturated carbocycles. The lowest BCUT2D eigenvalue weighted by molar-refractivity contribution is 0.376. The predicted octanol–water partition coefficient (Wildman–Crippen LogP) is 2.67. The van der Waals surface area contributed by atoms with Gasteiger partial charge in [-0.2, -0.15) is 5.26 Å². The highest BCUT2D eigenvalue weighted by molar-refractivity contribution is 5.60. The van der Waals surface area contributed by atoms with Crippen molar-refractivity contribution >= 4 is 5.69 Å². The van der Waals surface area contributed by atoms with Crippen molar-refractivity contribution in [3.63, 3.8) is 0 Å². The fourth-order valence-corrected chi connectivity index (χ4v) is 3.04. The van der Waals surface area contributed by atoms with Crippen molar-refractivity contribution in [3.8, 4) is 6.07 Å². The fourth-order valence-electron chi connectivity index (χ4n) is 3.04. The van der Waals surface area contributed by atoms with Gasteiger partial charge in [-0.3, -0.25) is 0 Å². The van der Waals surface area contributed by atoms with Crippen molar-refractivity contribution in [3.05, 3.63) is 29.6 Å². The molecule has 4 heteroatoms. The van der Waals surface area contributed by atoms with Crippen LogP contribution in [0.1, 0.15) is 31.2 Å². The molecular weight excluding hydrogens is 253 g/mol. The van der Waals surface area contributed by atoms with Gasteiger partial charge >= 0.3 is 0 Å². The van der Waals surface area contributed by atoms with Gasteiger partial charge in [0.2, 0.25) is 0 Å². The van der Waals surface area contributed by atoms with E-state index in [4.69, 9.17) is 0 Å². The van der Waals surface area contributed by atoms with Crippen LogP contribution in [0.5, 0.6) is 0 Å². The van der Waals surface area contributed by atoms with E-state index in [-0.39, 0.29) is 5.82 Å². The van der Waals surface area contributed by atoms with Crippen LogP contribution in [-0.2, 0) is 0 Å². The molecule has 1 heterocycles. The lowest BCUT2D eigenvalue weighted by Gasteiger charge is -2.32. The van der Waals surface area contributed by atoms with Gasteiger partial charge in [0.25, 0.3) is 0 Å². The molecule has 3 nitrogen and oxygen atoms in total. The molecule has 0 aromatic heterocycles. The van der Waals surface area contributed by atoms with Gasteiger partial charge in [-0.25, -0.2) is 4.39 Å². The summed E-state index contributed by atoms with van der Waals surface area (Å²) in [4.78, 5) is 2.33. The van der Waals surface area contributed by atoms with Crippen LogP contribution in [0, 0.1) is 23.1 Å². The van der Waals surface area contributed by atoms with Crippen molar-refractivity contribution < 1.29 is 4.39 Å². The zero-order valence-corrected chi connectivity index (χ0v) is 11.6. The zero-order chi connectivity index (χ0) is 13.9. The molecule has 1 aliphatic heterocycles. The molecular formula is C16H20FN3. The summed E-state index contributed by atoms with van der Waals surface area (Å²) in [5.74, 6) is 0.293. The Morgan fingerprint density at radius 2 is 2.20 bits per heavy atom. The first-order valence-electron chi connectivity index (χ1n) is 7.45. The molecule has 2 fully saturated rings. The van der Waals surface area contributed by atoms with Crippen LogP contribution in [0.4, 0.5) is 10.1 Å². The number of piperidine rings is 1. The summed E-state index contributed by atoms with van der Waals surface area (Å²) in [6.45, 7) is 3.13. The van der Waals surface area contributed by atoms with Gasteiger partial charge in [0.15, 0.2) is 0 Å². The molecule has 1 N–H and O–H groups in total. The van der Waals surface area contributed by atoms with Crippen LogP contribution in [0.15, 0.2) is 18.2 Å². The summed E-state index contributed by atoms with van der Waals surface area (Å²) in [5.41, 5.74) is 1.36. The minimum atomic E-state index is -0.333. The van der Waals surface area contributed by atoms with E-state index in [0.717, 1.165) is 25.3 Å². The second kappa shape index (κ2) is 5.80. The molecule has 1 saturated heterocycles. The third-order valence-corrected chi connectivity index (χ3v) is 4.23. The van der Waals surface area contributed by atoms with E-state index in [1.807, 2.05) is 0 Å². The summed E-state index contributed by atoms with van der Waals surface area (Å²) >= 11 is 0. The molecule has 0 radical (unpaired) electrons. The van der Waals surface area contributed by atoms with Crippen LogP contribution in [0.2, 0.25) is 0 Å². The minimum Gasteiger partial charge on any atom is -0.367 e. The average molecular weight is 273 g/mol. The average Bonchev–Trinajstić information content (AvgIpc) is 3.31. The highest BCUT2D eigenvalue weighted by Crippen LogP contribution is 2.35. The summed E-state index contributed by atoms with van der Waals surface area (Å²) in [6.07, 6.45) is 4.82. The fraction of sp³-hybridized carbons (Fsp3) is 0.562. The predicted molar refractivity (Wildman–Crippen MR) is 77.1 cm³/mol. The smallest absolute Gasteiger partial charge is 0.124 e. The minimum absolute atomic E-state index is 0.333. The molecule has 20 heavy (non-hydrogen) atoms. The van der Waals surface area contributed by atoms with E-state index in [0.29, 0.717) is 17.5 Å². The molecule has 1 aromatic carbocycles. The molecule has 1 unspecified atom stereocenters. The van der Waals surface area contributed by atoms with E-state index in [2.05, 4.69) is 16.3 Å². The SMILES string of the molecule is N#Cc1cc(F)ccc1N(CC1CCCNC1)C1CC1. The third kappa shape index (κ3) is 2.94. The first-order valence-corrected chi connectivity index (χ1v) is 7.45. The first-order chi connectivity index (χ1) is 9.78. The first kappa shape index (κ1) is 13.4. The van der Waals surface area contributed by atoms with Crippen molar-refractivity contribution in [2.75, 3.05) is 24.5 Å². The number of rotatable bonds is 4. The lowest BCUT2D eigenvalue weighted by Crippen LogP contribution is -2.39. The molecule has 106 valence electrons. The number of nitrogens with zero attached hydrogens (tertiary/aromatic N) is 2. The highest BCUT2D eigenvalue weighted by Gasteiger charge is 2.32. The second-order valence-corrected chi connectivity index (χ2v) is 5.87. The van der Waals surface area contributed by atoms with Gasteiger partial charge in [-0.1, -0.05) is 0 Å². The zero-order valence-electron chi connectivity index (χ0n) is 11.6. The molecule has 2 aliphatic rings. The Balaban J connectivity index is 1.81. The largest absolute Gasteiger partial charge is 0.367 e. The van der Waals surface area contributed by atoms with Crippen molar-refractivity contribution in [1.82, 2.24) is 5.32 Å². The topological polar surface area (TPSA) is 39.1 Å². The van der Waals surface area contributed by atoms with Crippen LogP contribution in [0.3, 0.4) is 0 Å². The van der Waals surface area contributed by atoms with Gasteiger partial charge in [-0.15, -0.1) is 0 Å². The molecule has 1 atom stereocenters. The molecule has 0 amide bonds. The number of nitrogens with one attached hydrogen (secondary N) is 1. The van der Waals surface area contributed by atoms with Gasteiger partial charge in [0.05, 0.1) is 11.3 Å². The number of benzene rings is 1. The molecule has 1 aliphatic carbocycles. The van der Waals surface area contributed by atoms with Crippen LogP contribution in [-0.4, -0.2) is 25.7 Å². The maximum Gasteiger partial charge on any atom is 0.124 e. The summed E-state index contributed by atoms with van der Waals surface area (Å²) in [6, 6.07) is 7.26. The van der Waals surface area contributed by atoms with Crippen molar-refractivity contribution in [2.45, 2.75) is 31.7 Å².